The van der Waals surface area contributed by atoms with Gasteiger partial charge in [-0.3, -0.25) is 4.55 Å². The van der Waals surface area contributed by atoms with E-state index >= 15 is 0 Å². The normalized spacial score (nSPS) is 11.2. The van der Waals surface area contributed by atoms with E-state index < -0.39 is 10.1 Å². The molecule has 0 aliphatic carbocycles. The molecule has 0 unspecified atom stereocenters. The molecule has 6 heteroatoms. The molecule has 2 N–H and O–H groups in total. The Morgan fingerprint density at radius 1 is 1.05 bits per heavy atom. The molecule has 0 amide bonds. The van der Waals surface area contributed by atoms with Gasteiger partial charge in [0.1, 0.15) is 5.75 Å². The molecule has 2 aromatic carbocycles. The Morgan fingerprint density at radius 2 is 1.68 bits per heavy atom. The van der Waals surface area contributed by atoms with Crippen molar-refractivity contribution >= 4 is 20.9 Å². The summed E-state index contributed by atoms with van der Waals surface area (Å²) in [5.41, 5.74) is 1.01. The van der Waals surface area contributed by atoms with Crippen molar-refractivity contribution < 1.29 is 49.1 Å². The van der Waals surface area contributed by atoms with E-state index in [4.69, 9.17) is 4.55 Å². The fourth-order valence-corrected chi connectivity index (χ4v) is 2.41. The van der Waals surface area contributed by atoms with Crippen LogP contribution in [0.5, 0.6) is 5.75 Å². The average molecular weight is 290 g/mol. The van der Waals surface area contributed by atoms with Gasteiger partial charge in [0.15, 0.2) is 0 Å². The maximum atomic E-state index is 10.6. The third kappa shape index (κ3) is 5.12. The average Bonchev–Trinajstić information content (AvgIpc) is 2.27. The number of phenolic OH excluding ortho intramolecular Hbond substituents is 1. The van der Waals surface area contributed by atoms with Crippen LogP contribution in [0.25, 0.3) is 10.8 Å². The molecule has 2 aromatic rings. The van der Waals surface area contributed by atoms with Crippen molar-refractivity contribution in [2.75, 3.05) is 5.75 Å². The van der Waals surface area contributed by atoms with Gasteiger partial charge in [0.2, 0.25) is 0 Å². The molecule has 0 spiro atoms. The summed E-state index contributed by atoms with van der Waals surface area (Å²) in [5.74, 6) is 0.00211. The van der Waals surface area contributed by atoms with Crippen molar-refractivity contribution in [3.8, 4) is 5.75 Å². The van der Waals surface area contributed by atoms with E-state index in [9.17, 15) is 13.5 Å². The van der Waals surface area contributed by atoms with Crippen LogP contribution in [0.1, 0.15) is 13.4 Å². The van der Waals surface area contributed by atoms with Gasteiger partial charge in [-0.1, -0.05) is 24.3 Å². The summed E-state index contributed by atoms with van der Waals surface area (Å²) in [5, 5.41) is 11.3. The Labute approximate surface area is 136 Å². The molecule has 98 valence electrons. The van der Waals surface area contributed by atoms with Crippen LogP contribution < -0.4 is 29.6 Å². The summed E-state index contributed by atoms with van der Waals surface area (Å²) >= 11 is 0. The number of aromatic hydroxyl groups is 1. The topological polar surface area (TPSA) is 74.6 Å². The van der Waals surface area contributed by atoms with Crippen molar-refractivity contribution in [3.63, 3.8) is 0 Å². The Balaban J connectivity index is 0.00000180. The number of aryl methyl sites for hydroxylation is 1. The molecule has 0 atom stereocenters. The van der Waals surface area contributed by atoms with Crippen molar-refractivity contribution in [1.29, 1.82) is 0 Å². The second-order valence-corrected chi connectivity index (χ2v) is 5.83. The van der Waals surface area contributed by atoms with Gasteiger partial charge in [0.25, 0.3) is 10.1 Å². The first-order chi connectivity index (χ1) is 8.44. The fourth-order valence-electron chi connectivity index (χ4n) is 1.90. The summed E-state index contributed by atoms with van der Waals surface area (Å²) < 4.78 is 29.8. The van der Waals surface area contributed by atoms with Crippen LogP contribution in [0.4, 0.5) is 0 Å². The first-order valence-corrected chi connectivity index (χ1v) is 7.22. The van der Waals surface area contributed by atoms with Crippen LogP contribution in [0.2, 0.25) is 0 Å². The van der Waals surface area contributed by atoms with E-state index in [0.29, 0.717) is 12.8 Å². The van der Waals surface area contributed by atoms with Gasteiger partial charge in [-0.05, 0) is 41.3 Å². The number of fused-ring (bicyclic) bond motifs is 1. The molecule has 0 saturated heterocycles. The predicted molar refractivity (Wildman–Crippen MR) is 71.5 cm³/mol. The van der Waals surface area contributed by atoms with E-state index in [-0.39, 0.29) is 42.5 Å². The summed E-state index contributed by atoms with van der Waals surface area (Å²) in [4.78, 5) is 0. The zero-order valence-corrected chi connectivity index (χ0v) is 13.5. The standard InChI is InChI=1S/C13H14O4S.Na.H/c14-13-6-5-11-8-10(3-4-12(11)9-13)2-1-7-18(15,16)17;;/h3-6,8-9,14H,1-2,7H2,(H,15,16,17);;/q;+1;-1. The minimum absolute atomic E-state index is 0. The molecule has 0 bridgehead atoms. The van der Waals surface area contributed by atoms with Gasteiger partial charge in [0, 0.05) is 0 Å². The molecule has 19 heavy (non-hydrogen) atoms. The van der Waals surface area contributed by atoms with Gasteiger partial charge in [-0.15, -0.1) is 0 Å². The maximum absolute atomic E-state index is 10.6. The fraction of sp³-hybridized carbons (Fsp3) is 0.231. The van der Waals surface area contributed by atoms with E-state index in [2.05, 4.69) is 0 Å². The van der Waals surface area contributed by atoms with Crippen LogP contribution in [0, 0.1) is 0 Å². The largest absolute Gasteiger partial charge is 1.00 e. The number of hydrogen-bond donors (Lipinski definition) is 2. The van der Waals surface area contributed by atoms with Gasteiger partial charge in [0.05, 0.1) is 5.75 Å². The molecule has 0 aromatic heterocycles. The molecule has 0 aliphatic heterocycles. The predicted octanol–water partition coefficient (Wildman–Crippen LogP) is -0.518. The van der Waals surface area contributed by atoms with Crippen molar-refractivity contribution in [1.82, 2.24) is 0 Å². The zero-order valence-electron chi connectivity index (χ0n) is 11.7. The van der Waals surface area contributed by atoms with Gasteiger partial charge < -0.3 is 6.53 Å². The van der Waals surface area contributed by atoms with Gasteiger partial charge in [-0.2, -0.15) is 8.42 Å². The third-order valence-electron chi connectivity index (χ3n) is 2.76. The van der Waals surface area contributed by atoms with E-state index in [1.807, 2.05) is 24.3 Å². The Kier molecular flexibility index (Phi) is 5.82. The van der Waals surface area contributed by atoms with E-state index in [0.717, 1.165) is 16.3 Å². The second kappa shape index (κ2) is 6.72. The third-order valence-corrected chi connectivity index (χ3v) is 3.56. The molecule has 0 fully saturated rings. The van der Waals surface area contributed by atoms with Gasteiger partial charge >= 0.3 is 29.6 Å². The second-order valence-electron chi connectivity index (χ2n) is 4.26. The van der Waals surface area contributed by atoms with Crippen molar-refractivity contribution in [2.45, 2.75) is 12.8 Å². The van der Waals surface area contributed by atoms with Crippen LogP contribution in [0.3, 0.4) is 0 Å². The van der Waals surface area contributed by atoms with Crippen LogP contribution >= 0.6 is 0 Å². The molecular weight excluding hydrogens is 275 g/mol. The Bertz CT molecular complexity index is 673. The zero-order chi connectivity index (χ0) is 13.2. The van der Waals surface area contributed by atoms with Crippen molar-refractivity contribution in [2.24, 2.45) is 0 Å². The molecule has 2 rings (SSSR count). The first kappa shape index (κ1) is 16.5. The van der Waals surface area contributed by atoms with Crippen molar-refractivity contribution in [3.05, 3.63) is 42.0 Å². The minimum atomic E-state index is -3.88. The number of benzene rings is 2. The number of phenols is 1. The summed E-state index contributed by atoms with van der Waals surface area (Å²) in [6.07, 6.45) is 0.985. The molecule has 0 radical (unpaired) electrons. The van der Waals surface area contributed by atoms with E-state index in [1.165, 1.54) is 0 Å². The minimum Gasteiger partial charge on any atom is -1.00 e. The molecular formula is C13H15NaO4S. The quantitative estimate of drug-likeness (QED) is 0.587. The summed E-state index contributed by atoms with van der Waals surface area (Å²) in [7, 11) is -3.88. The monoisotopic (exact) mass is 290 g/mol. The molecule has 0 heterocycles. The summed E-state index contributed by atoms with van der Waals surface area (Å²) in [6.45, 7) is 0. The Morgan fingerprint density at radius 3 is 2.37 bits per heavy atom. The smallest absolute Gasteiger partial charge is 1.00 e. The number of hydrogen-bond acceptors (Lipinski definition) is 3. The van der Waals surface area contributed by atoms with E-state index in [1.54, 1.807) is 12.1 Å². The van der Waals surface area contributed by atoms with Gasteiger partial charge in [-0.25, -0.2) is 0 Å². The SMILES string of the molecule is O=S(=O)(O)CCCc1ccc2cc(O)ccc2c1.[H-].[Na+]. The molecule has 0 aliphatic rings. The first-order valence-electron chi connectivity index (χ1n) is 5.61. The number of rotatable bonds is 4. The van der Waals surface area contributed by atoms with Crippen LogP contribution in [0.15, 0.2) is 36.4 Å². The van der Waals surface area contributed by atoms with Crippen LogP contribution in [-0.4, -0.2) is 23.8 Å². The maximum Gasteiger partial charge on any atom is 1.00 e. The molecule has 4 nitrogen and oxygen atoms in total. The van der Waals surface area contributed by atoms with Crippen LogP contribution in [-0.2, 0) is 16.5 Å². The Hall–Kier alpha value is -0.590. The molecule has 0 saturated carbocycles. The summed E-state index contributed by atoms with van der Waals surface area (Å²) in [6, 6.07) is 10.8.